The molecule has 1 aromatic heterocycles. The van der Waals surface area contributed by atoms with Crippen LogP contribution in [0.25, 0.3) is 0 Å². The number of anilines is 1. The lowest BCUT2D eigenvalue weighted by Crippen LogP contribution is -2.39. The summed E-state index contributed by atoms with van der Waals surface area (Å²) in [5.41, 5.74) is -4.10. The summed E-state index contributed by atoms with van der Waals surface area (Å²) in [6.45, 7) is 1.46. The molecule has 7 nitrogen and oxygen atoms in total. The first-order valence-corrected chi connectivity index (χ1v) is 9.28. The van der Waals surface area contributed by atoms with E-state index in [9.17, 15) is 35.9 Å². The van der Waals surface area contributed by atoms with Crippen molar-refractivity contribution in [3.05, 3.63) is 47.2 Å². The Morgan fingerprint density at radius 1 is 1.09 bits per heavy atom. The number of halogens is 6. The van der Waals surface area contributed by atoms with Crippen LogP contribution in [0.3, 0.4) is 0 Å². The van der Waals surface area contributed by atoms with Crippen molar-refractivity contribution in [3.8, 4) is 0 Å². The molecule has 1 aromatic carbocycles. The molecule has 0 saturated heterocycles. The van der Waals surface area contributed by atoms with E-state index >= 15 is 0 Å². The topological polar surface area (TPSA) is 84.7 Å². The van der Waals surface area contributed by atoms with Gasteiger partial charge in [0, 0.05) is 31.4 Å². The summed E-state index contributed by atoms with van der Waals surface area (Å²) in [7, 11) is 0. The van der Waals surface area contributed by atoms with Gasteiger partial charge in [-0.05, 0) is 31.5 Å². The largest absolute Gasteiger partial charge is 0.416 e. The lowest BCUT2D eigenvalue weighted by atomic mass is 10.0. The molecule has 2 amide bonds. The molecule has 13 heteroatoms. The average Bonchev–Trinajstić information content (AvgIpc) is 3.21. The van der Waals surface area contributed by atoms with Gasteiger partial charge < -0.3 is 19.5 Å². The Morgan fingerprint density at radius 2 is 1.72 bits per heavy atom. The van der Waals surface area contributed by atoms with Crippen LogP contribution in [-0.2, 0) is 21.9 Å². The van der Waals surface area contributed by atoms with E-state index in [0.29, 0.717) is 18.7 Å². The number of aromatic nitrogens is 1. The molecule has 0 unspecified atom stereocenters. The summed E-state index contributed by atoms with van der Waals surface area (Å²) in [6.07, 6.45) is -8.86. The van der Waals surface area contributed by atoms with E-state index in [-0.39, 0.29) is 31.5 Å². The monoisotopic (exact) mass is 467 g/mol. The highest BCUT2D eigenvalue weighted by atomic mass is 19.4. The van der Waals surface area contributed by atoms with Gasteiger partial charge in [-0.25, -0.2) is 0 Å². The highest BCUT2D eigenvalue weighted by Crippen LogP contribution is 2.36. The van der Waals surface area contributed by atoms with Gasteiger partial charge in [0.2, 0.25) is 5.91 Å². The number of ether oxygens (including phenoxy) is 1. The number of carbonyl (C=O) groups excluding carboxylic acids is 2. The number of hydrogen-bond donors (Lipinski definition) is 1. The standard InChI is InChI=1S/C19H19F6N3O4/c1-2-31-6-3-5-28(11-16(29)26-15-4-7-32-27-15)17(30)12-8-13(18(20,21)22)10-14(9-12)19(23,24)25/h4,7-10H,2-3,5-6,11H2,1H3,(H,26,27,29). The van der Waals surface area contributed by atoms with Crippen LogP contribution in [-0.4, -0.2) is 48.2 Å². The Kier molecular flexibility index (Phi) is 8.25. The third-order valence-electron chi connectivity index (χ3n) is 4.08. The molecule has 0 aliphatic carbocycles. The van der Waals surface area contributed by atoms with Crippen LogP contribution >= 0.6 is 0 Å². The van der Waals surface area contributed by atoms with Gasteiger partial charge in [0.1, 0.15) is 12.8 Å². The quantitative estimate of drug-likeness (QED) is 0.441. The average molecular weight is 467 g/mol. The second-order valence-corrected chi connectivity index (χ2v) is 6.50. The maximum Gasteiger partial charge on any atom is 0.416 e. The summed E-state index contributed by atoms with van der Waals surface area (Å²) in [5.74, 6) is -1.92. The van der Waals surface area contributed by atoms with Gasteiger partial charge in [0.25, 0.3) is 5.91 Å². The molecule has 176 valence electrons. The first kappa shape index (κ1) is 25.2. The van der Waals surface area contributed by atoms with Crippen LogP contribution in [0, 0.1) is 0 Å². The minimum Gasteiger partial charge on any atom is -0.382 e. The van der Waals surface area contributed by atoms with E-state index in [1.54, 1.807) is 6.92 Å². The van der Waals surface area contributed by atoms with Gasteiger partial charge in [0.05, 0.1) is 11.1 Å². The van der Waals surface area contributed by atoms with Crippen LogP contribution in [0.1, 0.15) is 34.8 Å². The smallest absolute Gasteiger partial charge is 0.382 e. The van der Waals surface area contributed by atoms with Crippen molar-refractivity contribution in [2.24, 2.45) is 0 Å². The van der Waals surface area contributed by atoms with Gasteiger partial charge in [-0.1, -0.05) is 5.16 Å². The second kappa shape index (κ2) is 10.5. The Morgan fingerprint density at radius 3 is 2.22 bits per heavy atom. The van der Waals surface area contributed by atoms with Crippen molar-refractivity contribution in [2.75, 3.05) is 31.6 Å². The zero-order chi connectivity index (χ0) is 23.9. The van der Waals surface area contributed by atoms with Crippen LogP contribution in [0.5, 0.6) is 0 Å². The van der Waals surface area contributed by atoms with Crippen LogP contribution in [0.2, 0.25) is 0 Å². The minimum atomic E-state index is -5.11. The Balaban J connectivity index is 2.32. The predicted molar refractivity (Wildman–Crippen MR) is 98.6 cm³/mol. The van der Waals surface area contributed by atoms with Gasteiger partial charge in [-0.15, -0.1) is 0 Å². The molecule has 2 rings (SSSR count). The van der Waals surface area contributed by atoms with E-state index in [1.807, 2.05) is 0 Å². The van der Waals surface area contributed by atoms with Crippen molar-refractivity contribution in [1.29, 1.82) is 0 Å². The third kappa shape index (κ3) is 7.25. The van der Waals surface area contributed by atoms with Crippen molar-refractivity contribution in [3.63, 3.8) is 0 Å². The molecule has 0 atom stereocenters. The fourth-order valence-electron chi connectivity index (χ4n) is 2.65. The molecule has 0 saturated carbocycles. The first-order valence-electron chi connectivity index (χ1n) is 9.28. The van der Waals surface area contributed by atoms with Crippen molar-refractivity contribution in [2.45, 2.75) is 25.7 Å². The maximum atomic E-state index is 13.1. The summed E-state index contributed by atoms with van der Waals surface area (Å²) in [5, 5.41) is 5.75. The van der Waals surface area contributed by atoms with E-state index in [1.165, 1.54) is 12.3 Å². The number of nitrogens with zero attached hydrogens (tertiary/aromatic N) is 2. The molecule has 1 N–H and O–H groups in total. The van der Waals surface area contributed by atoms with Crippen molar-refractivity contribution in [1.82, 2.24) is 10.1 Å². The summed E-state index contributed by atoms with van der Waals surface area (Å²) in [6, 6.07) is 1.88. The summed E-state index contributed by atoms with van der Waals surface area (Å²) in [4.78, 5) is 25.9. The Bertz CT molecular complexity index is 881. The van der Waals surface area contributed by atoms with Crippen molar-refractivity contribution >= 4 is 17.6 Å². The molecule has 32 heavy (non-hydrogen) atoms. The number of nitrogens with one attached hydrogen (secondary N) is 1. The van der Waals surface area contributed by atoms with Crippen LogP contribution in [0.15, 0.2) is 35.1 Å². The summed E-state index contributed by atoms with van der Waals surface area (Å²) >= 11 is 0. The second-order valence-electron chi connectivity index (χ2n) is 6.50. The number of benzene rings is 1. The normalized spacial score (nSPS) is 12.0. The van der Waals surface area contributed by atoms with Gasteiger partial charge >= 0.3 is 12.4 Å². The lowest BCUT2D eigenvalue weighted by Gasteiger charge is -2.23. The number of alkyl halides is 6. The Labute approximate surface area is 178 Å². The lowest BCUT2D eigenvalue weighted by molar-refractivity contribution is -0.143. The highest BCUT2D eigenvalue weighted by molar-refractivity contribution is 5.99. The van der Waals surface area contributed by atoms with E-state index < -0.39 is 47.4 Å². The highest BCUT2D eigenvalue weighted by Gasteiger charge is 2.38. The molecule has 0 aliphatic rings. The zero-order valence-corrected chi connectivity index (χ0v) is 16.7. The molecule has 0 bridgehead atoms. The van der Waals surface area contributed by atoms with E-state index in [0.717, 1.165) is 4.90 Å². The molecule has 0 fully saturated rings. The fourth-order valence-corrected chi connectivity index (χ4v) is 2.65. The zero-order valence-electron chi connectivity index (χ0n) is 16.7. The van der Waals surface area contributed by atoms with Crippen LogP contribution in [0.4, 0.5) is 32.2 Å². The van der Waals surface area contributed by atoms with Crippen LogP contribution < -0.4 is 5.32 Å². The van der Waals surface area contributed by atoms with E-state index in [2.05, 4.69) is 15.0 Å². The van der Waals surface area contributed by atoms with Gasteiger partial charge in [-0.2, -0.15) is 26.3 Å². The SMILES string of the molecule is CCOCCCN(CC(=O)Nc1ccon1)C(=O)c1cc(C(F)(F)F)cc(C(F)(F)F)c1. The summed E-state index contributed by atoms with van der Waals surface area (Å²) < 4.78 is 88.4. The molecular weight excluding hydrogens is 448 g/mol. The molecule has 2 aromatic rings. The molecule has 1 heterocycles. The van der Waals surface area contributed by atoms with Crippen molar-refractivity contribution < 1.29 is 45.2 Å². The molecule has 0 aliphatic heterocycles. The number of carbonyl (C=O) groups is 2. The first-order chi connectivity index (χ1) is 14.9. The van der Waals surface area contributed by atoms with Gasteiger partial charge in [-0.3, -0.25) is 9.59 Å². The van der Waals surface area contributed by atoms with E-state index in [4.69, 9.17) is 4.74 Å². The number of rotatable bonds is 9. The molecule has 0 radical (unpaired) electrons. The number of amides is 2. The fraction of sp³-hybridized carbons (Fsp3) is 0.421. The van der Waals surface area contributed by atoms with Gasteiger partial charge in [0.15, 0.2) is 5.82 Å². The Hall–Kier alpha value is -3.09. The maximum absolute atomic E-state index is 13.1. The third-order valence-corrected chi connectivity index (χ3v) is 4.08. The molecule has 0 spiro atoms. The minimum absolute atomic E-state index is 0.0233. The number of hydrogen-bond acceptors (Lipinski definition) is 5. The predicted octanol–water partition coefficient (Wildman–Crippen LogP) is 4.22. The molecular formula is C19H19F6N3O4.